The lowest BCUT2D eigenvalue weighted by molar-refractivity contribution is -0.137. The first-order valence-corrected chi connectivity index (χ1v) is 15.7. The van der Waals surface area contributed by atoms with Gasteiger partial charge >= 0.3 is 0 Å². The molecule has 0 amide bonds. The summed E-state index contributed by atoms with van der Waals surface area (Å²) in [5.74, 6) is 1.79. The second-order valence-corrected chi connectivity index (χ2v) is 12.1. The number of Topliss-reactive ketones (excluding diaryl/α,β-unsaturated/α-hetero) is 2. The minimum Gasteiger partial charge on any atom is -0.299 e. The lowest BCUT2D eigenvalue weighted by atomic mass is 9.67. The Morgan fingerprint density at radius 2 is 1.28 bits per heavy atom. The van der Waals surface area contributed by atoms with Gasteiger partial charge in [-0.25, -0.2) is 0 Å². The van der Waals surface area contributed by atoms with Crippen LogP contribution in [-0.4, -0.2) is 11.6 Å². The standard InChI is InChI=1S/C34H54O2/c1-3-5-7-9-12-16-27-20-23-30(24-21-27)33(29-18-14-11-15-19-29)34(36)31-25-22-28(26-32(31)35)17-13-10-8-6-4-2/h11,14-15,18-19,27-28,30-31,33H,3-10,12-13,16-17,20-26H2,1-2H3. The number of ketones is 2. The van der Waals surface area contributed by atoms with Gasteiger partial charge in [0.2, 0.25) is 0 Å². The summed E-state index contributed by atoms with van der Waals surface area (Å²) in [5, 5.41) is 0. The molecule has 2 aliphatic rings. The monoisotopic (exact) mass is 494 g/mol. The van der Waals surface area contributed by atoms with Crippen molar-refractivity contribution in [2.24, 2.45) is 23.7 Å². The van der Waals surface area contributed by atoms with Crippen molar-refractivity contribution in [2.75, 3.05) is 0 Å². The molecule has 202 valence electrons. The molecule has 2 aliphatic carbocycles. The van der Waals surface area contributed by atoms with Crippen molar-refractivity contribution in [3.63, 3.8) is 0 Å². The molecular formula is C34H54O2. The van der Waals surface area contributed by atoms with Crippen LogP contribution in [0.5, 0.6) is 0 Å². The van der Waals surface area contributed by atoms with Gasteiger partial charge in [0.15, 0.2) is 5.78 Å². The molecule has 0 N–H and O–H groups in total. The van der Waals surface area contributed by atoms with Crippen LogP contribution in [0.4, 0.5) is 0 Å². The van der Waals surface area contributed by atoms with E-state index >= 15 is 0 Å². The first-order chi connectivity index (χ1) is 17.6. The molecular weight excluding hydrogens is 440 g/mol. The van der Waals surface area contributed by atoms with Crippen molar-refractivity contribution in [3.05, 3.63) is 35.9 Å². The third kappa shape index (κ3) is 9.14. The predicted octanol–water partition coefficient (Wildman–Crippen LogP) is 9.85. The Morgan fingerprint density at radius 3 is 1.86 bits per heavy atom. The fraction of sp³-hybridized carbons (Fsp3) is 0.765. The van der Waals surface area contributed by atoms with Gasteiger partial charge < -0.3 is 0 Å². The number of hydrogen-bond donors (Lipinski definition) is 0. The average Bonchev–Trinajstić information content (AvgIpc) is 2.90. The molecule has 2 heteroatoms. The molecule has 3 rings (SSSR count). The van der Waals surface area contributed by atoms with Crippen LogP contribution in [0.15, 0.2) is 30.3 Å². The lowest BCUT2D eigenvalue weighted by Crippen LogP contribution is -2.37. The van der Waals surface area contributed by atoms with Gasteiger partial charge in [-0.05, 0) is 49.0 Å². The molecule has 0 bridgehead atoms. The van der Waals surface area contributed by atoms with Crippen molar-refractivity contribution < 1.29 is 9.59 Å². The van der Waals surface area contributed by atoms with Crippen LogP contribution in [-0.2, 0) is 9.59 Å². The van der Waals surface area contributed by atoms with Crippen LogP contribution in [0.1, 0.15) is 147 Å². The van der Waals surface area contributed by atoms with Gasteiger partial charge in [-0.2, -0.15) is 0 Å². The van der Waals surface area contributed by atoms with E-state index in [1.165, 1.54) is 89.9 Å². The van der Waals surface area contributed by atoms with Crippen molar-refractivity contribution in [1.82, 2.24) is 0 Å². The molecule has 3 unspecified atom stereocenters. The van der Waals surface area contributed by atoms with E-state index in [4.69, 9.17) is 0 Å². The van der Waals surface area contributed by atoms with E-state index in [1.54, 1.807) is 0 Å². The summed E-state index contributed by atoms with van der Waals surface area (Å²) in [4.78, 5) is 27.2. The van der Waals surface area contributed by atoms with Gasteiger partial charge in [0, 0.05) is 12.3 Å². The Kier molecular flexibility index (Phi) is 13.3. The Hall–Kier alpha value is -1.44. The van der Waals surface area contributed by atoms with Crippen LogP contribution in [0.2, 0.25) is 0 Å². The van der Waals surface area contributed by atoms with Crippen molar-refractivity contribution in [1.29, 1.82) is 0 Å². The third-order valence-electron chi connectivity index (χ3n) is 9.35. The molecule has 1 aromatic rings. The zero-order chi connectivity index (χ0) is 25.6. The van der Waals surface area contributed by atoms with Crippen LogP contribution in [0.25, 0.3) is 0 Å². The number of carbonyl (C=O) groups is 2. The molecule has 0 spiro atoms. The minimum absolute atomic E-state index is 0.0868. The molecule has 36 heavy (non-hydrogen) atoms. The van der Waals surface area contributed by atoms with Crippen molar-refractivity contribution >= 4 is 11.6 Å². The number of rotatable bonds is 16. The van der Waals surface area contributed by atoms with Crippen molar-refractivity contribution in [3.8, 4) is 0 Å². The highest BCUT2D eigenvalue weighted by Gasteiger charge is 2.40. The summed E-state index contributed by atoms with van der Waals surface area (Å²) >= 11 is 0. The Balaban J connectivity index is 1.54. The fourth-order valence-electron chi connectivity index (χ4n) is 7.07. The molecule has 1 aromatic carbocycles. The minimum atomic E-state index is -0.358. The molecule has 0 radical (unpaired) electrons. The first kappa shape index (κ1) is 29.1. The van der Waals surface area contributed by atoms with Crippen LogP contribution >= 0.6 is 0 Å². The summed E-state index contributed by atoms with van der Waals surface area (Å²) in [5.41, 5.74) is 1.15. The maximum Gasteiger partial charge on any atom is 0.151 e. The third-order valence-corrected chi connectivity index (χ3v) is 9.35. The second-order valence-electron chi connectivity index (χ2n) is 12.1. The van der Waals surface area contributed by atoms with Gasteiger partial charge in [0.25, 0.3) is 0 Å². The average molecular weight is 495 g/mol. The summed E-state index contributed by atoms with van der Waals surface area (Å²) in [6, 6.07) is 10.4. The van der Waals surface area contributed by atoms with Gasteiger partial charge in [0.05, 0.1) is 5.92 Å². The highest BCUT2D eigenvalue weighted by atomic mass is 16.2. The summed E-state index contributed by atoms with van der Waals surface area (Å²) in [7, 11) is 0. The molecule has 2 saturated carbocycles. The van der Waals surface area contributed by atoms with E-state index in [0.717, 1.165) is 37.2 Å². The first-order valence-electron chi connectivity index (χ1n) is 15.7. The summed E-state index contributed by atoms with van der Waals surface area (Å²) < 4.78 is 0. The molecule has 0 aliphatic heterocycles. The van der Waals surface area contributed by atoms with E-state index in [1.807, 2.05) is 6.07 Å². The van der Waals surface area contributed by atoms with Crippen LogP contribution in [0.3, 0.4) is 0 Å². The van der Waals surface area contributed by atoms with Crippen LogP contribution in [0, 0.1) is 23.7 Å². The van der Waals surface area contributed by atoms with E-state index in [9.17, 15) is 9.59 Å². The topological polar surface area (TPSA) is 34.1 Å². The fourth-order valence-corrected chi connectivity index (χ4v) is 7.07. The highest BCUT2D eigenvalue weighted by molar-refractivity contribution is 6.05. The number of benzene rings is 1. The molecule has 3 atom stereocenters. The zero-order valence-electron chi connectivity index (χ0n) is 23.5. The highest BCUT2D eigenvalue weighted by Crippen LogP contribution is 2.43. The Bertz CT molecular complexity index is 746. The summed E-state index contributed by atoms with van der Waals surface area (Å²) in [6.07, 6.45) is 23.1. The van der Waals surface area contributed by atoms with Crippen LogP contribution < -0.4 is 0 Å². The number of hydrogen-bond acceptors (Lipinski definition) is 2. The number of unbranched alkanes of at least 4 members (excludes halogenated alkanes) is 8. The SMILES string of the molecule is CCCCCCCC1CCC(C(C(=O)C2CCC(CCCCCCC)CC2=O)c2ccccc2)CC1. The normalized spacial score (nSPS) is 25.6. The molecule has 0 aromatic heterocycles. The van der Waals surface area contributed by atoms with E-state index < -0.39 is 0 Å². The predicted molar refractivity (Wildman–Crippen MR) is 152 cm³/mol. The van der Waals surface area contributed by atoms with Gasteiger partial charge in [-0.3, -0.25) is 9.59 Å². The van der Waals surface area contributed by atoms with E-state index in [-0.39, 0.29) is 23.4 Å². The van der Waals surface area contributed by atoms with Gasteiger partial charge in [0.1, 0.15) is 5.78 Å². The van der Waals surface area contributed by atoms with Gasteiger partial charge in [-0.1, -0.05) is 134 Å². The van der Waals surface area contributed by atoms with E-state index in [0.29, 0.717) is 18.3 Å². The molecule has 2 nitrogen and oxygen atoms in total. The largest absolute Gasteiger partial charge is 0.299 e. The second kappa shape index (κ2) is 16.4. The maximum absolute atomic E-state index is 14.0. The van der Waals surface area contributed by atoms with Gasteiger partial charge in [-0.15, -0.1) is 0 Å². The maximum atomic E-state index is 14.0. The molecule has 0 saturated heterocycles. The Morgan fingerprint density at radius 1 is 0.722 bits per heavy atom. The number of carbonyl (C=O) groups excluding carboxylic acids is 2. The quantitative estimate of drug-likeness (QED) is 0.169. The molecule has 0 heterocycles. The Labute approximate surface area is 222 Å². The lowest BCUT2D eigenvalue weighted by Gasteiger charge is -2.36. The van der Waals surface area contributed by atoms with Crippen molar-refractivity contribution in [2.45, 2.75) is 142 Å². The molecule has 2 fully saturated rings. The van der Waals surface area contributed by atoms with E-state index in [2.05, 4.69) is 38.1 Å². The zero-order valence-corrected chi connectivity index (χ0v) is 23.5. The smallest absolute Gasteiger partial charge is 0.151 e. The summed E-state index contributed by atoms with van der Waals surface area (Å²) in [6.45, 7) is 4.53.